The summed E-state index contributed by atoms with van der Waals surface area (Å²) in [6, 6.07) is 7.25. The second-order valence-corrected chi connectivity index (χ2v) is 6.61. The molecule has 0 amide bonds. The first-order valence-electron chi connectivity index (χ1n) is 9.74. The van der Waals surface area contributed by atoms with E-state index >= 15 is 0 Å². The highest BCUT2D eigenvalue weighted by atomic mass is 19.1. The lowest BCUT2D eigenvalue weighted by Gasteiger charge is -2.41. The molecule has 0 aromatic heterocycles. The first-order valence-corrected chi connectivity index (χ1v) is 9.74. The summed E-state index contributed by atoms with van der Waals surface area (Å²) in [4.78, 5) is 38.7. The van der Waals surface area contributed by atoms with Crippen molar-refractivity contribution in [1.82, 2.24) is 0 Å². The molecule has 0 spiro atoms. The van der Waals surface area contributed by atoms with Gasteiger partial charge in [-0.15, -0.1) is 0 Å². The van der Waals surface area contributed by atoms with Gasteiger partial charge >= 0.3 is 17.9 Å². The smallest absolute Gasteiger partial charge is 0.334 e. The number of carbonyl (C=O) groups excluding carboxylic acids is 3. The topological polar surface area (TPSA) is 103 Å². The lowest BCUT2D eigenvalue weighted by Crippen LogP contribution is -2.51. The summed E-state index contributed by atoms with van der Waals surface area (Å²) in [7, 11) is 0. The van der Waals surface area contributed by atoms with Crippen LogP contribution in [0.25, 0.3) is 0 Å². The van der Waals surface area contributed by atoms with Gasteiger partial charge in [0.15, 0.2) is 5.41 Å². The van der Waals surface area contributed by atoms with E-state index in [4.69, 9.17) is 14.2 Å². The number of nitriles is 1. The zero-order valence-corrected chi connectivity index (χ0v) is 17.1. The highest BCUT2D eigenvalue weighted by Crippen LogP contribution is 2.52. The van der Waals surface area contributed by atoms with Crippen LogP contribution in [-0.4, -0.2) is 37.7 Å². The third-order valence-corrected chi connectivity index (χ3v) is 4.99. The van der Waals surface area contributed by atoms with E-state index in [1.54, 1.807) is 20.8 Å². The van der Waals surface area contributed by atoms with Gasteiger partial charge in [-0.3, -0.25) is 9.59 Å². The predicted molar refractivity (Wildman–Crippen MR) is 103 cm³/mol. The number of benzene rings is 1. The number of nitrogens with zero attached hydrogens (tertiary/aromatic N) is 1. The molecule has 0 unspecified atom stereocenters. The van der Waals surface area contributed by atoms with E-state index in [0.29, 0.717) is 5.56 Å². The Kier molecular flexibility index (Phi) is 7.70. The van der Waals surface area contributed by atoms with Crippen LogP contribution in [0, 0.1) is 28.5 Å². The second kappa shape index (κ2) is 10.0. The maximum Gasteiger partial charge on any atom is 0.334 e. The molecule has 1 aromatic carbocycles. The first-order chi connectivity index (χ1) is 14.4. The summed E-state index contributed by atoms with van der Waals surface area (Å²) in [6.45, 7) is 4.74. The van der Waals surface area contributed by atoms with Gasteiger partial charge in [0.05, 0.1) is 25.9 Å². The van der Waals surface area contributed by atoms with Crippen LogP contribution in [0.2, 0.25) is 0 Å². The van der Waals surface area contributed by atoms with Crippen molar-refractivity contribution in [1.29, 1.82) is 5.26 Å². The first kappa shape index (κ1) is 23.1. The van der Waals surface area contributed by atoms with E-state index in [-0.39, 0.29) is 31.8 Å². The SMILES string of the molecule is CCOC(=O)C1=CC[C@H](c2ccc(F)cc2)[C@@](C#N)(C(=O)OCC)[C@@H]1C(=O)OCC. The maximum atomic E-state index is 13.5. The Balaban J connectivity index is 2.75. The average molecular weight is 417 g/mol. The normalized spacial score (nSPS) is 23.0. The number of ether oxygens (including phenoxy) is 3. The predicted octanol–water partition coefficient (Wildman–Crippen LogP) is 3.05. The van der Waals surface area contributed by atoms with Crippen molar-refractivity contribution >= 4 is 17.9 Å². The van der Waals surface area contributed by atoms with Crippen molar-refractivity contribution in [3.05, 3.63) is 47.3 Å². The van der Waals surface area contributed by atoms with E-state index in [1.807, 2.05) is 6.07 Å². The van der Waals surface area contributed by atoms with Gasteiger partial charge in [-0.2, -0.15) is 5.26 Å². The molecule has 0 radical (unpaired) electrons. The molecule has 7 nitrogen and oxygen atoms in total. The Hall–Kier alpha value is -3.21. The van der Waals surface area contributed by atoms with E-state index in [2.05, 4.69) is 0 Å². The molecular formula is C22H24FNO6. The zero-order valence-electron chi connectivity index (χ0n) is 17.1. The maximum absolute atomic E-state index is 13.5. The summed E-state index contributed by atoms with van der Waals surface area (Å²) in [6.07, 6.45) is 1.55. The van der Waals surface area contributed by atoms with Crippen LogP contribution in [0.1, 0.15) is 38.7 Å². The number of esters is 3. The molecule has 0 saturated carbocycles. The third-order valence-electron chi connectivity index (χ3n) is 4.99. The lowest BCUT2D eigenvalue weighted by molar-refractivity contribution is -0.167. The van der Waals surface area contributed by atoms with Crippen molar-refractivity contribution in [3.8, 4) is 6.07 Å². The van der Waals surface area contributed by atoms with Gasteiger partial charge in [0.1, 0.15) is 11.7 Å². The van der Waals surface area contributed by atoms with Gasteiger partial charge < -0.3 is 14.2 Å². The molecule has 1 aliphatic rings. The molecule has 0 saturated heterocycles. The minimum Gasteiger partial charge on any atom is -0.465 e. The molecule has 0 bridgehead atoms. The van der Waals surface area contributed by atoms with Crippen molar-refractivity contribution in [2.45, 2.75) is 33.1 Å². The minimum atomic E-state index is -2.09. The van der Waals surface area contributed by atoms with E-state index in [1.165, 1.54) is 30.3 Å². The number of hydrogen-bond donors (Lipinski definition) is 0. The summed E-state index contributed by atoms with van der Waals surface area (Å²) >= 11 is 0. The van der Waals surface area contributed by atoms with E-state index < -0.39 is 41.0 Å². The summed E-state index contributed by atoms with van der Waals surface area (Å²) < 4.78 is 28.8. The van der Waals surface area contributed by atoms with Crippen molar-refractivity contribution in [3.63, 3.8) is 0 Å². The number of halogens is 1. The van der Waals surface area contributed by atoms with Crippen LogP contribution in [0.4, 0.5) is 4.39 Å². The second-order valence-electron chi connectivity index (χ2n) is 6.61. The van der Waals surface area contributed by atoms with Crippen molar-refractivity contribution in [2.75, 3.05) is 19.8 Å². The zero-order chi connectivity index (χ0) is 22.3. The number of hydrogen-bond acceptors (Lipinski definition) is 7. The fraction of sp³-hybridized carbons (Fsp3) is 0.455. The van der Waals surface area contributed by atoms with Gasteiger partial charge in [0.2, 0.25) is 0 Å². The Morgan fingerprint density at radius 2 is 1.67 bits per heavy atom. The Bertz CT molecular complexity index is 873. The fourth-order valence-corrected chi connectivity index (χ4v) is 3.74. The Morgan fingerprint density at radius 3 is 2.20 bits per heavy atom. The van der Waals surface area contributed by atoms with Crippen LogP contribution >= 0.6 is 0 Å². The molecule has 0 aliphatic heterocycles. The monoisotopic (exact) mass is 417 g/mol. The van der Waals surface area contributed by atoms with Gasteiger partial charge in [0, 0.05) is 11.5 Å². The molecule has 8 heteroatoms. The van der Waals surface area contributed by atoms with Crippen LogP contribution < -0.4 is 0 Å². The van der Waals surface area contributed by atoms with Crippen molar-refractivity contribution < 1.29 is 33.0 Å². The summed E-state index contributed by atoms with van der Waals surface area (Å²) in [5.74, 6) is -5.57. The number of allylic oxidation sites excluding steroid dienone is 1. The summed E-state index contributed by atoms with van der Waals surface area (Å²) in [5, 5.41) is 10.2. The quantitative estimate of drug-likeness (QED) is 0.496. The highest BCUT2D eigenvalue weighted by molar-refractivity contribution is 6.01. The standard InChI is InChI=1S/C22H24FNO6/c1-4-28-19(25)16-11-12-17(14-7-9-15(23)10-8-14)22(13-24,21(27)30-6-3)18(16)20(26)29-5-2/h7-11,17-18H,4-6,12H2,1-3H3/t17-,18+,22-/m1/s1. The molecule has 2 rings (SSSR count). The molecular weight excluding hydrogens is 393 g/mol. The molecule has 3 atom stereocenters. The van der Waals surface area contributed by atoms with Crippen LogP contribution in [0.5, 0.6) is 0 Å². The third kappa shape index (κ3) is 4.20. The van der Waals surface area contributed by atoms with Gasteiger partial charge in [-0.1, -0.05) is 18.2 Å². The molecule has 1 aromatic rings. The minimum absolute atomic E-state index is 0.0169. The van der Waals surface area contributed by atoms with E-state index in [9.17, 15) is 24.0 Å². The van der Waals surface area contributed by atoms with Crippen LogP contribution in [0.3, 0.4) is 0 Å². The van der Waals surface area contributed by atoms with Crippen LogP contribution in [-0.2, 0) is 28.6 Å². The summed E-state index contributed by atoms with van der Waals surface area (Å²) in [5.41, 5.74) is -1.75. The molecule has 30 heavy (non-hydrogen) atoms. The Labute approximate surface area is 174 Å². The molecule has 0 fully saturated rings. The van der Waals surface area contributed by atoms with Gasteiger partial charge in [-0.25, -0.2) is 9.18 Å². The molecule has 160 valence electrons. The Morgan fingerprint density at radius 1 is 1.07 bits per heavy atom. The molecule has 0 heterocycles. The molecule has 1 aliphatic carbocycles. The van der Waals surface area contributed by atoms with Gasteiger partial charge in [0.25, 0.3) is 0 Å². The average Bonchev–Trinajstić information content (AvgIpc) is 2.73. The van der Waals surface area contributed by atoms with E-state index in [0.717, 1.165) is 0 Å². The molecule has 0 N–H and O–H groups in total. The fourth-order valence-electron chi connectivity index (χ4n) is 3.74. The number of rotatable bonds is 7. The largest absolute Gasteiger partial charge is 0.465 e. The van der Waals surface area contributed by atoms with Crippen LogP contribution in [0.15, 0.2) is 35.9 Å². The van der Waals surface area contributed by atoms with Crippen molar-refractivity contribution in [2.24, 2.45) is 11.3 Å². The number of carbonyl (C=O) groups is 3. The lowest BCUT2D eigenvalue weighted by atomic mass is 9.58. The highest BCUT2D eigenvalue weighted by Gasteiger charge is 2.61. The van der Waals surface area contributed by atoms with Gasteiger partial charge in [-0.05, 0) is 44.9 Å².